The molecular formula is C18H20Cl2N6S. The minimum Gasteiger partial charge on any atom is -0.341 e. The van der Waals surface area contributed by atoms with E-state index in [0.29, 0.717) is 10.0 Å². The lowest BCUT2D eigenvalue weighted by atomic mass is 9.91. The number of aryl methyl sites for hydroxylation is 1. The fourth-order valence-electron chi connectivity index (χ4n) is 3.17. The third-order valence-electron chi connectivity index (χ3n) is 4.85. The number of hydrogen-bond acceptors (Lipinski definition) is 6. The SMILES string of the molecule is Cc1nc(N2CCC(C)(N)CC2)n2ncnc2c1Sc1cccc(Cl)c1Cl. The average Bonchev–Trinajstić information content (AvgIpc) is 3.10. The Morgan fingerprint density at radius 1 is 1.22 bits per heavy atom. The highest BCUT2D eigenvalue weighted by molar-refractivity contribution is 7.99. The number of hydrogen-bond donors (Lipinski definition) is 1. The van der Waals surface area contributed by atoms with Gasteiger partial charge in [0.25, 0.3) is 0 Å². The van der Waals surface area contributed by atoms with Crippen LogP contribution in [0.15, 0.2) is 34.3 Å². The maximum Gasteiger partial charge on any atom is 0.228 e. The molecule has 1 aromatic carbocycles. The Balaban J connectivity index is 1.73. The van der Waals surface area contributed by atoms with Gasteiger partial charge < -0.3 is 10.6 Å². The molecule has 3 aromatic rings. The minimum atomic E-state index is -0.119. The van der Waals surface area contributed by atoms with Gasteiger partial charge in [0, 0.05) is 23.5 Å². The van der Waals surface area contributed by atoms with Gasteiger partial charge in [-0.15, -0.1) is 0 Å². The van der Waals surface area contributed by atoms with Crippen LogP contribution in [0.25, 0.3) is 5.65 Å². The largest absolute Gasteiger partial charge is 0.341 e. The van der Waals surface area contributed by atoms with Crippen molar-refractivity contribution in [1.82, 2.24) is 19.6 Å². The maximum atomic E-state index is 6.36. The van der Waals surface area contributed by atoms with E-state index in [1.54, 1.807) is 16.9 Å². The average molecular weight is 423 g/mol. The molecule has 1 saturated heterocycles. The first kappa shape index (κ1) is 18.8. The second-order valence-electron chi connectivity index (χ2n) is 7.12. The highest BCUT2D eigenvalue weighted by Gasteiger charge is 2.28. The standard InChI is InChI=1S/C18H20Cl2N6S/c1-11-15(27-13-5-3-4-12(19)14(13)20)16-22-10-23-26(16)17(24-11)25-8-6-18(2,21)7-9-25/h3-5,10H,6-9,21H2,1-2H3. The quantitative estimate of drug-likeness (QED) is 0.681. The summed E-state index contributed by atoms with van der Waals surface area (Å²) in [4.78, 5) is 13.3. The van der Waals surface area contributed by atoms with Gasteiger partial charge in [-0.3, -0.25) is 0 Å². The second-order valence-corrected chi connectivity index (χ2v) is 8.95. The predicted molar refractivity (Wildman–Crippen MR) is 110 cm³/mol. The molecule has 9 heteroatoms. The van der Waals surface area contributed by atoms with Gasteiger partial charge in [-0.2, -0.15) is 9.61 Å². The zero-order chi connectivity index (χ0) is 19.2. The number of rotatable bonds is 3. The third-order valence-corrected chi connectivity index (χ3v) is 7.03. The molecule has 2 aromatic heterocycles. The van der Waals surface area contributed by atoms with E-state index in [1.165, 1.54) is 11.8 Å². The van der Waals surface area contributed by atoms with Crippen molar-refractivity contribution >= 4 is 46.6 Å². The molecule has 2 N–H and O–H groups in total. The van der Waals surface area contributed by atoms with Gasteiger partial charge >= 0.3 is 0 Å². The maximum absolute atomic E-state index is 6.36. The van der Waals surface area contributed by atoms with Crippen molar-refractivity contribution in [3.63, 3.8) is 0 Å². The molecule has 0 radical (unpaired) electrons. The second kappa shape index (κ2) is 7.13. The zero-order valence-corrected chi connectivity index (χ0v) is 17.4. The predicted octanol–water partition coefficient (Wildman–Crippen LogP) is 4.21. The molecular weight excluding hydrogens is 403 g/mol. The van der Waals surface area contributed by atoms with Crippen LogP contribution < -0.4 is 10.6 Å². The molecule has 0 atom stereocenters. The van der Waals surface area contributed by atoms with Crippen LogP contribution in [0.2, 0.25) is 10.0 Å². The molecule has 0 unspecified atom stereocenters. The molecule has 0 bridgehead atoms. The van der Waals surface area contributed by atoms with Gasteiger partial charge in [-0.25, -0.2) is 9.97 Å². The van der Waals surface area contributed by atoms with Crippen molar-refractivity contribution in [2.75, 3.05) is 18.0 Å². The first-order valence-corrected chi connectivity index (χ1v) is 10.3. The van der Waals surface area contributed by atoms with Crippen molar-refractivity contribution < 1.29 is 0 Å². The van der Waals surface area contributed by atoms with E-state index >= 15 is 0 Å². The summed E-state index contributed by atoms with van der Waals surface area (Å²) < 4.78 is 1.80. The Hall–Kier alpha value is -1.54. The van der Waals surface area contributed by atoms with Gasteiger partial charge in [0.15, 0.2) is 5.65 Å². The van der Waals surface area contributed by atoms with Gasteiger partial charge in [0.05, 0.1) is 20.6 Å². The monoisotopic (exact) mass is 422 g/mol. The normalized spacial score (nSPS) is 16.9. The number of anilines is 1. The van der Waals surface area contributed by atoms with Crippen LogP contribution in [0, 0.1) is 6.92 Å². The molecule has 4 rings (SSSR count). The van der Waals surface area contributed by atoms with Crippen LogP contribution >= 0.6 is 35.0 Å². The summed E-state index contributed by atoms with van der Waals surface area (Å²) >= 11 is 14.0. The Labute approximate surface area is 172 Å². The molecule has 142 valence electrons. The van der Waals surface area contributed by atoms with Gasteiger partial charge in [-0.05, 0) is 38.8 Å². The van der Waals surface area contributed by atoms with Gasteiger partial charge in [-0.1, -0.05) is 41.0 Å². The van der Waals surface area contributed by atoms with Gasteiger partial charge in [0.2, 0.25) is 5.95 Å². The molecule has 0 amide bonds. The number of nitrogens with two attached hydrogens (primary N) is 1. The number of benzene rings is 1. The molecule has 3 heterocycles. The van der Waals surface area contributed by atoms with E-state index in [2.05, 4.69) is 21.9 Å². The summed E-state index contributed by atoms with van der Waals surface area (Å²) in [7, 11) is 0. The Morgan fingerprint density at radius 3 is 2.70 bits per heavy atom. The molecule has 0 saturated carbocycles. The lowest BCUT2D eigenvalue weighted by molar-refractivity contribution is 0.360. The van der Waals surface area contributed by atoms with E-state index in [9.17, 15) is 0 Å². The van der Waals surface area contributed by atoms with E-state index in [-0.39, 0.29) is 5.54 Å². The summed E-state index contributed by atoms with van der Waals surface area (Å²) in [5, 5.41) is 5.47. The highest BCUT2D eigenvalue weighted by atomic mass is 35.5. The van der Waals surface area contributed by atoms with Crippen molar-refractivity contribution in [3.8, 4) is 0 Å². The van der Waals surface area contributed by atoms with Crippen LogP contribution in [0.5, 0.6) is 0 Å². The van der Waals surface area contributed by atoms with Gasteiger partial charge in [0.1, 0.15) is 6.33 Å². The topological polar surface area (TPSA) is 72.3 Å². The van der Waals surface area contributed by atoms with E-state index < -0.39 is 0 Å². The summed E-state index contributed by atoms with van der Waals surface area (Å²) in [5.74, 6) is 0.803. The molecule has 0 aliphatic carbocycles. The summed E-state index contributed by atoms with van der Waals surface area (Å²) in [6.07, 6.45) is 3.39. The summed E-state index contributed by atoms with van der Waals surface area (Å²) in [6, 6.07) is 5.59. The van der Waals surface area contributed by atoms with Crippen LogP contribution in [0.1, 0.15) is 25.5 Å². The fourth-order valence-corrected chi connectivity index (χ4v) is 4.63. The fraction of sp³-hybridized carbons (Fsp3) is 0.389. The lowest BCUT2D eigenvalue weighted by Crippen LogP contribution is -2.49. The van der Waals surface area contributed by atoms with Crippen LogP contribution in [0.3, 0.4) is 0 Å². The summed E-state index contributed by atoms with van der Waals surface area (Å²) in [6.45, 7) is 5.78. The Morgan fingerprint density at radius 2 is 1.96 bits per heavy atom. The van der Waals surface area contributed by atoms with Crippen molar-refractivity contribution in [1.29, 1.82) is 0 Å². The van der Waals surface area contributed by atoms with E-state index in [1.807, 2.05) is 19.1 Å². The Bertz CT molecular complexity index is 993. The van der Waals surface area contributed by atoms with Crippen LogP contribution in [0.4, 0.5) is 5.95 Å². The van der Waals surface area contributed by atoms with E-state index in [4.69, 9.17) is 33.9 Å². The molecule has 27 heavy (non-hydrogen) atoms. The molecule has 0 spiro atoms. The Kier molecular flexibility index (Phi) is 4.96. The number of halogens is 2. The lowest BCUT2D eigenvalue weighted by Gasteiger charge is -2.37. The number of fused-ring (bicyclic) bond motifs is 1. The molecule has 1 fully saturated rings. The van der Waals surface area contributed by atoms with Crippen LogP contribution in [-0.2, 0) is 0 Å². The highest BCUT2D eigenvalue weighted by Crippen LogP contribution is 2.40. The summed E-state index contributed by atoms with van der Waals surface area (Å²) in [5.41, 5.74) is 7.80. The first-order chi connectivity index (χ1) is 12.9. The molecule has 1 aliphatic rings. The zero-order valence-electron chi connectivity index (χ0n) is 15.1. The number of piperidine rings is 1. The molecule has 6 nitrogen and oxygen atoms in total. The first-order valence-electron chi connectivity index (χ1n) is 8.72. The van der Waals surface area contributed by atoms with Crippen molar-refractivity contribution in [2.45, 2.75) is 42.0 Å². The minimum absolute atomic E-state index is 0.119. The van der Waals surface area contributed by atoms with Crippen molar-refractivity contribution in [2.24, 2.45) is 5.73 Å². The van der Waals surface area contributed by atoms with Crippen LogP contribution in [-0.4, -0.2) is 38.2 Å². The third kappa shape index (κ3) is 3.61. The van der Waals surface area contributed by atoms with E-state index in [0.717, 1.165) is 53.0 Å². The smallest absolute Gasteiger partial charge is 0.228 e. The number of aromatic nitrogens is 4. The number of nitrogens with zero attached hydrogens (tertiary/aromatic N) is 5. The van der Waals surface area contributed by atoms with Crippen molar-refractivity contribution in [3.05, 3.63) is 40.3 Å². The molecule has 1 aliphatic heterocycles.